The third kappa shape index (κ3) is 11.3. The molecule has 1 saturated carbocycles. The monoisotopic (exact) mass is 967 g/mol. The maximum atomic E-state index is 14.5. The van der Waals surface area contributed by atoms with Gasteiger partial charge in [0.05, 0.1) is 62.1 Å². The summed E-state index contributed by atoms with van der Waals surface area (Å²) in [4.78, 5) is 50.6. The number of fused-ring (bicyclic) bond motifs is 4. The van der Waals surface area contributed by atoms with Crippen molar-refractivity contribution in [3.8, 4) is 23.0 Å². The van der Waals surface area contributed by atoms with Crippen LogP contribution in [-0.4, -0.2) is 144 Å². The molecule has 7 rings (SSSR count). The number of rotatable bonds is 20. The third-order valence-electron chi connectivity index (χ3n) is 14.5. The second-order valence-corrected chi connectivity index (χ2v) is 39.3. The van der Waals surface area contributed by atoms with Gasteiger partial charge >= 0.3 is 0 Å². The van der Waals surface area contributed by atoms with E-state index in [4.69, 9.17) is 32.8 Å². The number of nitrogens with zero attached hydrogens (tertiary/aromatic N) is 4. The molecule has 366 valence electrons. The van der Waals surface area contributed by atoms with Gasteiger partial charge in [-0.25, -0.2) is 0 Å². The lowest BCUT2D eigenvalue weighted by molar-refractivity contribution is -0.123. The first kappa shape index (κ1) is 50.3. The first-order valence-electron chi connectivity index (χ1n) is 24.1. The van der Waals surface area contributed by atoms with E-state index < -0.39 is 30.5 Å². The van der Waals surface area contributed by atoms with Gasteiger partial charge in [0.15, 0.2) is 31.3 Å². The van der Waals surface area contributed by atoms with E-state index in [-0.39, 0.29) is 60.3 Å². The van der Waals surface area contributed by atoms with Crippen LogP contribution in [0.1, 0.15) is 73.6 Å². The van der Waals surface area contributed by atoms with Gasteiger partial charge in [-0.05, 0) is 73.5 Å². The summed E-state index contributed by atoms with van der Waals surface area (Å²) in [5.41, 5.74) is 2.25. The summed E-state index contributed by atoms with van der Waals surface area (Å²) in [5.74, 6) is 1.51. The number of amides is 3. The lowest BCUT2D eigenvalue weighted by atomic mass is 10.0. The van der Waals surface area contributed by atoms with E-state index in [2.05, 4.69) is 78.0 Å². The number of carbonyl (C=O) groups is 3. The summed E-state index contributed by atoms with van der Waals surface area (Å²) in [6.45, 7) is 29.1. The second-order valence-electron chi connectivity index (χ2n) is 23.3. The van der Waals surface area contributed by atoms with E-state index in [0.29, 0.717) is 92.2 Å². The highest BCUT2D eigenvalue weighted by Gasteiger charge is 2.57. The summed E-state index contributed by atoms with van der Waals surface area (Å²) < 4.78 is 43.8. The van der Waals surface area contributed by atoms with Crippen molar-refractivity contribution >= 4 is 53.6 Å². The van der Waals surface area contributed by atoms with Gasteiger partial charge in [0.25, 0.3) is 17.7 Å². The fourth-order valence-corrected chi connectivity index (χ4v) is 12.1. The van der Waals surface area contributed by atoms with E-state index >= 15 is 0 Å². The molecule has 3 fully saturated rings. The van der Waals surface area contributed by atoms with Gasteiger partial charge in [-0.2, -0.15) is 0 Å². The van der Waals surface area contributed by atoms with Crippen molar-refractivity contribution in [2.75, 3.05) is 83.5 Å². The summed E-state index contributed by atoms with van der Waals surface area (Å²) in [5, 5.41) is 0.0635. The van der Waals surface area contributed by atoms with Crippen molar-refractivity contribution in [1.29, 1.82) is 0 Å². The van der Waals surface area contributed by atoms with Crippen LogP contribution in [0.5, 0.6) is 23.0 Å². The van der Waals surface area contributed by atoms with Crippen LogP contribution in [0.15, 0.2) is 24.3 Å². The lowest BCUT2D eigenvalue weighted by Crippen LogP contribution is -2.45. The molecule has 2 saturated heterocycles. The van der Waals surface area contributed by atoms with Crippen molar-refractivity contribution in [2.24, 2.45) is 5.41 Å². The predicted molar refractivity (Wildman–Crippen MR) is 267 cm³/mol. The van der Waals surface area contributed by atoms with Gasteiger partial charge in [0.1, 0.15) is 19.5 Å². The first-order valence-corrected chi connectivity index (χ1v) is 34.5. The van der Waals surface area contributed by atoms with E-state index in [1.807, 2.05) is 17.0 Å². The van der Waals surface area contributed by atoms with Crippen molar-refractivity contribution in [2.45, 2.75) is 141 Å². The van der Waals surface area contributed by atoms with Crippen LogP contribution in [0.2, 0.25) is 69.5 Å². The Labute approximate surface area is 397 Å². The lowest BCUT2D eigenvalue weighted by Gasteiger charge is -2.38. The number of methoxy groups -OCH3 is 2. The highest BCUT2D eigenvalue weighted by molar-refractivity contribution is 6.76. The minimum atomic E-state index is -2.06. The Morgan fingerprint density at radius 3 is 1.77 bits per heavy atom. The molecule has 0 unspecified atom stereocenters. The Morgan fingerprint density at radius 1 is 0.682 bits per heavy atom. The van der Waals surface area contributed by atoms with Crippen molar-refractivity contribution in [3.63, 3.8) is 0 Å². The fourth-order valence-electron chi connectivity index (χ4n) is 9.20. The molecule has 0 radical (unpaired) electrons. The number of benzene rings is 2. The highest BCUT2D eigenvalue weighted by atomic mass is 28.4. The summed E-state index contributed by atoms with van der Waals surface area (Å²) in [6, 6.07) is 8.64. The second kappa shape index (κ2) is 19.4. The van der Waals surface area contributed by atoms with E-state index in [1.165, 1.54) is 0 Å². The van der Waals surface area contributed by atoms with Crippen LogP contribution in [0.25, 0.3) is 0 Å². The van der Waals surface area contributed by atoms with Crippen LogP contribution in [-0.2, 0) is 18.7 Å². The number of anilines is 2. The topological polar surface area (TPSA) is 129 Å². The molecule has 0 N–H and O–H groups in total. The smallest absolute Gasteiger partial charge is 0.256 e. The maximum Gasteiger partial charge on any atom is 0.256 e. The van der Waals surface area contributed by atoms with Gasteiger partial charge in [-0.1, -0.05) is 60.1 Å². The molecular weight excluding hydrogens is 889 g/mol. The predicted octanol–water partition coefficient (Wildman–Crippen LogP) is 8.94. The number of ether oxygens (including phenoxy) is 6. The summed E-state index contributed by atoms with van der Waals surface area (Å²) >= 11 is 0. The molecule has 0 bridgehead atoms. The van der Waals surface area contributed by atoms with Crippen molar-refractivity contribution < 1.29 is 47.2 Å². The highest BCUT2D eigenvalue weighted by Crippen LogP contribution is 2.56. The number of hydrogen-bond acceptors (Lipinski definition) is 11. The zero-order chi connectivity index (χ0) is 48.0. The molecule has 14 nitrogen and oxygen atoms in total. The average molecular weight is 967 g/mol. The molecule has 66 heavy (non-hydrogen) atoms. The molecule has 2 aromatic rings. The Kier molecular flexibility index (Phi) is 14.8. The zero-order valence-corrected chi connectivity index (χ0v) is 45.2. The fraction of sp³-hybridized carbons (Fsp3) is 0.694. The minimum Gasteiger partial charge on any atom is -0.493 e. The van der Waals surface area contributed by atoms with Crippen molar-refractivity contribution in [1.82, 2.24) is 9.80 Å². The molecule has 17 heteroatoms. The molecule has 4 heterocycles. The molecule has 4 aliphatic heterocycles. The molecule has 0 aromatic heterocycles. The van der Waals surface area contributed by atoms with Crippen LogP contribution in [0, 0.1) is 5.41 Å². The molecule has 1 spiro atoms. The van der Waals surface area contributed by atoms with Gasteiger partial charge < -0.3 is 47.5 Å². The Morgan fingerprint density at radius 2 is 1.23 bits per heavy atom. The van der Waals surface area contributed by atoms with Crippen LogP contribution < -0.4 is 28.7 Å². The standard InChI is InChI=1S/C49H78N4O10Si3/c1-48(2,3)66(12,13)63-35-23-34-29-50(32-59-19-21-64(6,7)8)38-26-43(41(57-4)24-36(38)45(54)51(34)30-35)61-17-14-18-62-44-27-39-37(25-42(44)58-5)46(55)52-31-49(15-16-49)28-40(52)47(56)53(39)33-60-20-22-65(9,10)11/h24-27,34-35,40H,14-23,28-33H2,1-13H3/t34-,35+,40-/m0/s1. The number of hydrogen-bond donors (Lipinski definition) is 0. The SMILES string of the molecule is COc1cc2c(cc1OCCCOc1cc3c(cc1OC)C(=O)N1CC4(CC4)C[C@H]1C(=O)N3COCC[Si](C)(C)C)N(COCC[Si](C)(C)C)C[C@@H]1C[C@@H](O[Si](C)(C)C(C)(C)C)CN1C2=O. The molecule has 1 aliphatic carbocycles. The van der Waals surface area contributed by atoms with Gasteiger partial charge in [0.2, 0.25) is 0 Å². The normalized spacial score (nSPS) is 21.7. The maximum absolute atomic E-state index is 14.5. The van der Waals surface area contributed by atoms with E-state index in [1.54, 1.807) is 36.2 Å². The molecule has 2 aromatic carbocycles. The van der Waals surface area contributed by atoms with Gasteiger partial charge in [-0.15, -0.1) is 0 Å². The Bertz CT molecular complexity index is 2110. The molecule has 5 aliphatic rings. The van der Waals surface area contributed by atoms with Crippen LogP contribution >= 0.6 is 0 Å². The van der Waals surface area contributed by atoms with Crippen molar-refractivity contribution in [3.05, 3.63) is 35.4 Å². The first-order chi connectivity index (χ1) is 30.9. The summed E-state index contributed by atoms with van der Waals surface area (Å²) in [7, 11) is -1.60. The Hall–Kier alpha value is -3.62. The van der Waals surface area contributed by atoms with Crippen LogP contribution in [0.4, 0.5) is 11.4 Å². The minimum absolute atomic E-state index is 0.0244. The van der Waals surface area contributed by atoms with Crippen LogP contribution in [0.3, 0.4) is 0 Å². The zero-order valence-electron chi connectivity index (χ0n) is 42.2. The van der Waals surface area contributed by atoms with Gasteiger partial charge in [0, 0.05) is 67.5 Å². The van der Waals surface area contributed by atoms with Gasteiger partial charge in [-0.3, -0.25) is 19.3 Å². The largest absolute Gasteiger partial charge is 0.493 e. The third-order valence-corrected chi connectivity index (χ3v) is 22.5. The summed E-state index contributed by atoms with van der Waals surface area (Å²) in [6.07, 6.45) is 4.00. The quantitative estimate of drug-likeness (QED) is 0.0932. The van der Waals surface area contributed by atoms with E-state index in [9.17, 15) is 14.4 Å². The van der Waals surface area contributed by atoms with E-state index in [0.717, 1.165) is 37.0 Å². The Balaban J connectivity index is 1.06. The average Bonchev–Trinajstić information content (AvgIpc) is 3.76. The number of carbonyl (C=O) groups excluding carboxylic acids is 3. The molecule has 3 amide bonds. The molecule has 3 atom stereocenters. The molecular formula is C49H78N4O10Si3.